The van der Waals surface area contributed by atoms with Crippen LogP contribution in [0.4, 0.5) is 0 Å². The highest BCUT2D eigenvalue weighted by molar-refractivity contribution is 7.09. The Morgan fingerprint density at radius 1 is 1.32 bits per heavy atom. The molecule has 1 aromatic carbocycles. The highest BCUT2D eigenvalue weighted by atomic mass is 32.1. The van der Waals surface area contributed by atoms with E-state index in [2.05, 4.69) is 15.3 Å². The van der Waals surface area contributed by atoms with Gasteiger partial charge in [0.15, 0.2) is 0 Å². The van der Waals surface area contributed by atoms with Crippen molar-refractivity contribution in [2.75, 3.05) is 7.05 Å². The van der Waals surface area contributed by atoms with Gasteiger partial charge in [-0.15, -0.1) is 11.3 Å². The molecule has 1 amide bonds. The quantitative estimate of drug-likeness (QED) is 0.709. The Bertz CT molecular complexity index is 920. The predicted molar refractivity (Wildman–Crippen MR) is 99.5 cm³/mol. The Labute approximate surface area is 149 Å². The molecule has 0 aliphatic heterocycles. The molecule has 130 valence electrons. The maximum atomic E-state index is 12.3. The number of fused-ring (bicyclic) bond motifs is 1. The number of nitrogens with one attached hydrogen (secondary N) is 2. The number of benzene rings is 1. The molecule has 0 fully saturated rings. The second kappa shape index (κ2) is 7.58. The lowest BCUT2D eigenvalue weighted by molar-refractivity contribution is -0.125. The van der Waals surface area contributed by atoms with Gasteiger partial charge in [0.2, 0.25) is 5.91 Å². The van der Waals surface area contributed by atoms with Crippen molar-refractivity contribution in [1.29, 1.82) is 0 Å². The lowest BCUT2D eigenvalue weighted by Crippen LogP contribution is -2.42. The molecule has 0 aliphatic rings. The summed E-state index contributed by atoms with van der Waals surface area (Å²) in [5.74, 6) is 0.489. The van der Waals surface area contributed by atoms with Gasteiger partial charge in [-0.2, -0.15) is 0 Å². The van der Waals surface area contributed by atoms with Crippen molar-refractivity contribution < 1.29 is 4.79 Å². The second-order valence-electron chi connectivity index (χ2n) is 5.92. The first-order valence-corrected chi connectivity index (χ1v) is 8.91. The van der Waals surface area contributed by atoms with Crippen LogP contribution in [-0.4, -0.2) is 33.9 Å². The van der Waals surface area contributed by atoms with Crippen molar-refractivity contribution in [2.45, 2.75) is 26.1 Å². The Morgan fingerprint density at radius 3 is 2.88 bits per heavy atom. The number of rotatable bonds is 6. The van der Waals surface area contributed by atoms with Crippen molar-refractivity contribution in [3.05, 3.63) is 62.8 Å². The summed E-state index contributed by atoms with van der Waals surface area (Å²) in [5, 5.41) is 5.48. The minimum absolute atomic E-state index is 0.0564. The fourth-order valence-electron chi connectivity index (χ4n) is 2.52. The van der Waals surface area contributed by atoms with Crippen LogP contribution in [0.25, 0.3) is 10.9 Å². The van der Waals surface area contributed by atoms with E-state index in [-0.39, 0.29) is 17.5 Å². The van der Waals surface area contributed by atoms with Crippen molar-refractivity contribution in [1.82, 2.24) is 20.2 Å². The van der Waals surface area contributed by atoms with Crippen LogP contribution in [0.5, 0.6) is 0 Å². The van der Waals surface area contributed by atoms with Crippen LogP contribution in [-0.2, 0) is 17.9 Å². The van der Waals surface area contributed by atoms with Gasteiger partial charge in [-0.1, -0.05) is 18.2 Å². The lowest BCUT2D eigenvalue weighted by atomic mass is 10.2. The fraction of sp³-hybridized carbons (Fsp3) is 0.278. The normalized spacial score (nSPS) is 12.4. The molecule has 0 saturated heterocycles. The van der Waals surface area contributed by atoms with Gasteiger partial charge in [-0.25, -0.2) is 4.98 Å². The lowest BCUT2D eigenvalue weighted by Gasteiger charge is -2.23. The van der Waals surface area contributed by atoms with Crippen LogP contribution >= 0.6 is 11.3 Å². The van der Waals surface area contributed by atoms with Crippen LogP contribution < -0.4 is 10.9 Å². The van der Waals surface area contributed by atoms with E-state index in [9.17, 15) is 9.59 Å². The molecule has 3 rings (SSSR count). The Kier molecular flexibility index (Phi) is 5.25. The summed E-state index contributed by atoms with van der Waals surface area (Å²) in [4.78, 5) is 34.7. The molecule has 25 heavy (non-hydrogen) atoms. The van der Waals surface area contributed by atoms with Gasteiger partial charge < -0.3 is 10.3 Å². The summed E-state index contributed by atoms with van der Waals surface area (Å²) in [6, 6.07) is 10.8. The van der Waals surface area contributed by atoms with Crippen molar-refractivity contribution in [2.24, 2.45) is 0 Å². The number of thiophene rings is 1. The maximum Gasteiger partial charge on any atom is 0.258 e. The molecular formula is C18H20N4O2S. The zero-order chi connectivity index (χ0) is 17.8. The smallest absolute Gasteiger partial charge is 0.258 e. The van der Waals surface area contributed by atoms with Crippen LogP contribution in [0.15, 0.2) is 46.6 Å². The minimum atomic E-state index is -0.336. The maximum absolute atomic E-state index is 12.3. The summed E-state index contributed by atoms with van der Waals surface area (Å²) in [6.45, 7) is 2.75. The number of aromatic nitrogens is 2. The number of hydrogen-bond acceptors (Lipinski definition) is 5. The summed E-state index contributed by atoms with van der Waals surface area (Å²) < 4.78 is 0. The Balaban J connectivity index is 1.65. The van der Waals surface area contributed by atoms with Gasteiger partial charge in [0, 0.05) is 4.88 Å². The number of H-pyrrole nitrogens is 1. The number of amides is 1. The van der Waals surface area contributed by atoms with E-state index in [1.165, 1.54) is 0 Å². The van der Waals surface area contributed by atoms with E-state index in [1.54, 1.807) is 17.4 Å². The zero-order valence-electron chi connectivity index (χ0n) is 14.2. The number of hydrogen-bond donors (Lipinski definition) is 2. The number of para-hydroxylation sites is 1. The van der Waals surface area contributed by atoms with E-state index in [0.717, 1.165) is 4.88 Å². The third-order valence-corrected chi connectivity index (χ3v) is 5.00. The largest absolute Gasteiger partial charge is 0.350 e. The summed E-state index contributed by atoms with van der Waals surface area (Å²) in [6.07, 6.45) is 0. The van der Waals surface area contributed by atoms with Gasteiger partial charge in [-0.05, 0) is 37.6 Å². The topological polar surface area (TPSA) is 78.1 Å². The van der Waals surface area contributed by atoms with Crippen LogP contribution in [0, 0.1) is 0 Å². The number of carbonyl (C=O) groups excluding carboxylic acids is 1. The molecule has 0 aliphatic carbocycles. The molecule has 2 N–H and O–H groups in total. The zero-order valence-corrected chi connectivity index (χ0v) is 15.0. The van der Waals surface area contributed by atoms with Crippen molar-refractivity contribution in [3.63, 3.8) is 0 Å². The fourth-order valence-corrected chi connectivity index (χ4v) is 3.16. The summed E-state index contributed by atoms with van der Waals surface area (Å²) in [5.41, 5.74) is 0.494. The van der Waals surface area contributed by atoms with Gasteiger partial charge in [0.1, 0.15) is 5.82 Å². The molecule has 0 spiro atoms. The van der Waals surface area contributed by atoms with Crippen molar-refractivity contribution in [3.8, 4) is 0 Å². The van der Waals surface area contributed by atoms with E-state index in [4.69, 9.17) is 0 Å². The Morgan fingerprint density at radius 2 is 2.12 bits per heavy atom. The summed E-state index contributed by atoms with van der Waals surface area (Å²) in [7, 11) is 1.84. The number of likely N-dealkylation sites (N-methyl/N-ethyl adjacent to an activating group) is 1. The SMILES string of the molecule is C[C@H](C(=O)NCc1cccs1)N(C)Cc1nc2ccccc2c(=O)[nH]1. The number of nitrogens with zero attached hydrogens (tertiary/aromatic N) is 2. The molecule has 0 saturated carbocycles. The molecular weight excluding hydrogens is 336 g/mol. The van der Waals surface area contributed by atoms with E-state index < -0.39 is 0 Å². The molecule has 1 atom stereocenters. The monoisotopic (exact) mass is 356 g/mol. The van der Waals surface area contributed by atoms with E-state index in [1.807, 2.05) is 54.6 Å². The molecule has 2 aromatic heterocycles. The highest BCUT2D eigenvalue weighted by Gasteiger charge is 2.19. The predicted octanol–water partition coefficient (Wildman–Crippen LogP) is 2.12. The molecule has 0 radical (unpaired) electrons. The molecule has 0 bridgehead atoms. The van der Waals surface area contributed by atoms with Crippen molar-refractivity contribution >= 4 is 28.1 Å². The van der Waals surface area contributed by atoms with Crippen LogP contribution in [0.1, 0.15) is 17.6 Å². The molecule has 2 heterocycles. The summed E-state index contributed by atoms with van der Waals surface area (Å²) >= 11 is 1.61. The van der Waals surface area contributed by atoms with Crippen LogP contribution in [0.2, 0.25) is 0 Å². The average Bonchev–Trinajstić information content (AvgIpc) is 3.12. The number of aromatic amines is 1. The first-order chi connectivity index (χ1) is 12.0. The first kappa shape index (κ1) is 17.3. The van der Waals surface area contributed by atoms with Gasteiger partial charge in [-0.3, -0.25) is 14.5 Å². The molecule has 3 aromatic rings. The van der Waals surface area contributed by atoms with Crippen LogP contribution in [0.3, 0.4) is 0 Å². The van der Waals surface area contributed by atoms with Gasteiger partial charge >= 0.3 is 0 Å². The third-order valence-electron chi connectivity index (χ3n) is 4.12. The molecule has 7 heteroatoms. The molecule has 0 unspecified atom stereocenters. The van der Waals surface area contributed by atoms with Gasteiger partial charge in [0.05, 0.1) is 30.0 Å². The molecule has 6 nitrogen and oxygen atoms in total. The first-order valence-electron chi connectivity index (χ1n) is 8.03. The van der Waals surface area contributed by atoms with E-state index >= 15 is 0 Å². The standard InChI is InChI=1S/C18H20N4O2S/c1-12(17(23)19-10-13-6-5-9-25-13)22(2)11-16-20-15-8-4-3-7-14(15)18(24)21-16/h3-9,12H,10-11H2,1-2H3,(H,19,23)(H,20,21,24)/t12-/m1/s1. The average molecular weight is 356 g/mol. The van der Waals surface area contributed by atoms with Gasteiger partial charge in [0.25, 0.3) is 5.56 Å². The highest BCUT2D eigenvalue weighted by Crippen LogP contribution is 2.09. The minimum Gasteiger partial charge on any atom is -0.350 e. The van der Waals surface area contributed by atoms with E-state index in [0.29, 0.717) is 29.8 Å². The third kappa shape index (κ3) is 4.12. The number of carbonyl (C=O) groups is 1. The Hall–Kier alpha value is -2.51. The second-order valence-corrected chi connectivity index (χ2v) is 6.95.